The van der Waals surface area contributed by atoms with Crippen molar-refractivity contribution in [3.05, 3.63) is 29.6 Å². The van der Waals surface area contributed by atoms with Crippen molar-refractivity contribution < 1.29 is 0 Å². The van der Waals surface area contributed by atoms with Crippen LogP contribution in [-0.2, 0) is 13.1 Å². The SMILES string of the molecule is CCC(C)N(CC)Cc1cccc(CN(CC)C(C)CC)n1. The van der Waals surface area contributed by atoms with Crippen molar-refractivity contribution in [2.24, 2.45) is 0 Å². The molecule has 2 atom stereocenters. The van der Waals surface area contributed by atoms with Gasteiger partial charge in [-0.3, -0.25) is 14.8 Å². The summed E-state index contributed by atoms with van der Waals surface area (Å²) in [5.41, 5.74) is 2.39. The molecule has 0 N–H and O–H groups in total. The van der Waals surface area contributed by atoms with E-state index in [1.165, 1.54) is 24.2 Å². The molecule has 0 radical (unpaired) electrons. The Hall–Kier alpha value is -0.930. The third-order valence-electron chi connectivity index (χ3n) is 4.84. The maximum atomic E-state index is 4.90. The van der Waals surface area contributed by atoms with Crippen LogP contribution >= 0.6 is 0 Å². The summed E-state index contributed by atoms with van der Waals surface area (Å²) in [6.07, 6.45) is 2.37. The molecular weight excluding hydrogens is 270 g/mol. The maximum absolute atomic E-state index is 4.90. The van der Waals surface area contributed by atoms with E-state index in [0.29, 0.717) is 12.1 Å². The van der Waals surface area contributed by atoms with E-state index in [-0.39, 0.29) is 0 Å². The first-order valence-corrected chi connectivity index (χ1v) is 8.98. The third kappa shape index (κ3) is 5.69. The molecule has 1 heterocycles. The molecule has 0 aliphatic carbocycles. The summed E-state index contributed by atoms with van der Waals surface area (Å²) in [5, 5.41) is 0. The van der Waals surface area contributed by atoms with E-state index in [0.717, 1.165) is 26.2 Å². The molecule has 2 unspecified atom stereocenters. The second-order valence-corrected chi connectivity index (χ2v) is 6.26. The van der Waals surface area contributed by atoms with Crippen LogP contribution in [0, 0.1) is 0 Å². The molecule has 0 amide bonds. The van der Waals surface area contributed by atoms with Crippen molar-refractivity contribution in [3.8, 4) is 0 Å². The lowest BCUT2D eigenvalue weighted by Crippen LogP contribution is -2.33. The molecule has 22 heavy (non-hydrogen) atoms. The molecule has 126 valence electrons. The number of nitrogens with zero attached hydrogens (tertiary/aromatic N) is 3. The first kappa shape index (κ1) is 19.1. The van der Waals surface area contributed by atoms with Gasteiger partial charge in [0.2, 0.25) is 0 Å². The minimum Gasteiger partial charge on any atom is -0.295 e. The van der Waals surface area contributed by atoms with Crippen molar-refractivity contribution in [1.82, 2.24) is 14.8 Å². The van der Waals surface area contributed by atoms with Crippen molar-refractivity contribution in [2.75, 3.05) is 13.1 Å². The Morgan fingerprint density at radius 1 is 0.818 bits per heavy atom. The first-order valence-electron chi connectivity index (χ1n) is 8.98. The van der Waals surface area contributed by atoms with Gasteiger partial charge < -0.3 is 0 Å². The van der Waals surface area contributed by atoms with Crippen LogP contribution in [0.15, 0.2) is 18.2 Å². The minimum absolute atomic E-state index is 0.614. The molecule has 0 spiro atoms. The van der Waals surface area contributed by atoms with Gasteiger partial charge in [0.1, 0.15) is 0 Å². The van der Waals surface area contributed by atoms with Gasteiger partial charge in [0.25, 0.3) is 0 Å². The summed E-state index contributed by atoms with van der Waals surface area (Å²) < 4.78 is 0. The zero-order chi connectivity index (χ0) is 16.5. The third-order valence-corrected chi connectivity index (χ3v) is 4.84. The molecule has 0 aliphatic heterocycles. The zero-order valence-corrected chi connectivity index (χ0v) is 15.5. The van der Waals surface area contributed by atoms with Gasteiger partial charge in [-0.05, 0) is 51.9 Å². The summed E-state index contributed by atoms with van der Waals surface area (Å²) in [6, 6.07) is 7.71. The highest BCUT2D eigenvalue weighted by molar-refractivity contribution is 5.11. The van der Waals surface area contributed by atoms with Gasteiger partial charge in [-0.15, -0.1) is 0 Å². The highest BCUT2D eigenvalue weighted by atomic mass is 15.2. The molecule has 0 saturated carbocycles. The Morgan fingerprint density at radius 3 is 1.55 bits per heavy atom. The Kier molecular flexibility index (Phi) is 8.66. The largest absolute Gasteiger partial charge is 0.295 e. The summed E-state index contributed by atoms with van der Waals surface area (Å²) >= 11 is 0. The highest BCUT2D eigenvalue weighted by Crippen LogP contribution is 2.12. The van der Waals surface area contributed by atoms with Crippen LogP contribution in [0.25, 0.3) is 0 Å². The topological polar surface area (TPSA) is 19.4 Å². The van der Waals surface area contributed by atoms with E-state index in [1.807, 2.05) is 0 Å². The van der Waals surface area contributed by atoms with Crippen molar-refractivity contribution >= 4 is 0 Å². The molecule has 0 aliphatic rings. The van der Waals surface area contributed by atoms with Crippen LogP contribution in [0.4, 0.5) is 0 Å². The second-order valence-electron chi connectivity index (χ2n) is 6.26. The average molecular weight is 306 g/mol. The summed E-state index contributed by atoms with van der Waals surface area (Å²) in [7, 11) is 0. The van der Waals surface area contributed by atoms with E-state index >= 15 is 0 Å². The van der Waals surface area contributed by atoms with E-state index in [1.54, 1.807) is 0 Å². The molecule has 1 aromatic heterocycles. The predicted octanol–water partition coefficient (Wildman–Crippen LogP) is 4.32. The quantitative estimate of drug-likeness (QED) is 0.641. The van der Waals surface area contributed by atoms with Crippen LogP contribution < -0.4 is 0 Å². The fourth-order valence-electron chi connectivity index (χ4n) is 2.80. The monoisotopic (exact) mass is 305 g/mol. The van der Waals surface area contributed by atoms with Gasteiger partial charge in [0.15, 0.2) is 0 Å². The molecule has 1 aromatic rings. The van der Waals surface area contributed by atoms with E-state index in [4.69, 9.17) is 4.98 Å². The average Bonchev–Trinajstić information content (AvgIpc) is 2.56. The van der Waals surface area contributed by atoms with Crippen molar-refractivity contribution in [2.45, 2.75) is 79.6 Å². The molecule has 0 aromatic carbocycles. The summed E-state index contributed by atoms with van der Waals surface area (Å²) in [6.45, 7) is 17.6. The molecule has 3 nitrogen and oxygen atoms in total. The van der Waals surface area contributed by atoms with Gasteiger partial charge in [-0.1, -0.05) is 33.8 Å². The van der Waals surface area contributed by atoms with Gasteiger partial charge in [0, 0.05) is 25.2 Å². The normalized spacial score (nSPS) is 14.5. The maximum Gasteiger partial charge on any atom is 0.0547 e. The Labute approximate surface area is 137 Å². The first-order chi connectivity index (χ1) is 10.5. The van der Waals surface area contributed by atoms with Gasteiger partial charge in [-0.25, -0.2) is 0 Å². The lowest BCUT2D eigenvalue weighted by Gasteiger charge is -2.28. The Balaban J connectivity index is 2.76. The van der Waals surface area contributed by atoms with Gasteiger partial charge in [0.05, 0.1) is 11.4 Å². The lowest BCUT2D eigenvalue weighted by molar-refractivity contribution is 0.198. The number of hydrogen-bond acceptors (Lipinski definition) is 3. The lowest BCUT2D eigenvalue weighted by atomic mass is 10.2. The van der Waals surface area contributed by atoms with Gasteiger partial charge in [-0.2, -0.15) is 0 Å². The second kappa shape index (κ2) is 9.96. The smallest absolute Gasteiger partial charge is 0.0547 e. The molecule has 3 heteroatoms. The molecule has 0 saturated heterocycles. The molecular formula is C19H35N3. The van der Waals surface area contributed by atoms with E-state index in [2.05, 4.69) is 69.5 Å². The van der Waals surface area contributed by atoms with Crippen LogP contribution in [0.2, 0.25) is 0 Å². The molecule has 0 fully saturated rings. The number of aromatic nitrogens is 1. The molecule has 1 rings (SSSR count). The summed E-state index contributed by atoms with van der Waals surface area (Å²) in [5.74, 6) is 0. The van der Waals surface area contributed by atoms with E-state index < -0.39 is 0 Å². The van der Waals surface area contributed by atoms with Gasteiger partial charge >= 0.3 is 0 Å². The number of rotatable bonds is 10. The Bertz CT molecular complexity index is 384. The summed E-state index contributed by atoms with van der Waals surface area (Å²) in [4.78, 5) is 9.90. The van der Waals surface area contributed by atoms with Crippen LogP contribution in [0.3, 0.4) is 0 Å². The van der Waals surface area contributed by atoms with Crippen LogP contribution in [0.5, 0.6) is 0 Å². The Morgan fingerprint density at radius 2 is 1.23 bits per heavy atom. The minimum atomic E-state index is 0.614. The van der Waals surface area contributed by atoms with Crippen molar-refractivity contribution in [3.63, 3.8) is 0 Å². The van der Waals surface area contributed by atoms with Crippen LogP contribution in [0.1, 0.15) is 65.8 Å². The highest BCUT2D eigenvalue weighted by Gasteiger charge is 2.13. The molecule has 0 bridgehead atoms. The van der Waals surface area contributed by atoms with Crippen molar-refractivity contribution in [1.29, 1.82) is 0 Å². The fraction of sp³-hybridized carbons (Fsp3) is 0.737. The predicted molar refractivity (Wildman–Crippen MR) is 95.9 cm³/mol. The zero-order valence-electron chi connectivity index (χ0n) is 15.5. The number of hydrogen-bond donors (Lipinski definition) is 0. The van der Waals surface area contributed by atoms with Crippen LogP contribution in [-0.4, -0.2) is 40.0 Å². The van der Waals surface area contributed by atoms with E-state index in [9.17, 15) is 0 Å². The fourth-order valence-corrected chi connectivity index (χ4v) is 2.80. The standard InChI is InChI=1S/C19H35N3/c1-7-16(5)21(9-3)14-18-12-11-13-19(20-18)15-22(10-4)17(6)8-2/h11-13,16-17H,7-10,14-15H2,1-6H3. The number of pyridine rings is 1.